The second kappa shape index (κ2) is 7.66. The minimum Gasteiger partial charge on any atom is -0.357 e. The van der Waals surface area contributed by atoms with Gasteiger partial charge in [0.15, 0.2) is 5.11 Å². The van der Waals surface area contributed by atoms with Gasteiger partial charge in [0.25, 0.3) is 0 Å². The molecule has 0 aromatic heterocycles. The van der Waals surface area contributed by atoms with Crippen LogP contribution in [-0.4, -0.2) is 11.3 Å². The van der Waals surface area contributed by atoms with Gasteiger partial charge in [-0.1, -0.05) is 35.9 Å². The highest BCUT2D eigenvalue weighted by Crippen LogP contribution is 2.07. The molecule has 2 N–H and O–H groups in total. The van der Waals surface area contributed by atoms with E-state index in [0.717, 1.165) is 16.7 Å². The van der Waals surface area contributed by atoms with Crippen LogP contribution in [0.3, 0.4) is 0 Å². The number of benzene rings is 2. The zero-order valence-electron chi connectivity index (χ0n) is 12.6. The van der Waals surface area contributed by atoms with Gasteiger partial charge in [-0.15, -0.1) is 0 Å². The van der Waals surface area contributed by atoms with Crippen LogP contribution < -0.4 is 10.7 Å². The summed E-state index contributed by atoms with van der Waals surface area (Å²) in [5.74, 6) is -0.248. The third-order valence-electron chi connectivity index (χ3n) is 3.17. The molecule has 0 unspecified atom stereocenters. The largest absolute Gasteiger partial charge is 0.357 e. The lowest BCUT2D eigenvalue weighted by molar-refractivity contribution is 0.626. The van der Waals surface area contributed by atoms with E-state index in [-0.39, 0.29) is 5.82 Å². The maximum absolute atomic E-state index is 12.8. The summed E-state index contributed by atoms with van der Waals surface area (Å²) in [6.07, 6.45) is 1.74. The van der Waals surface area contributed by atoms with Crippen LogP contribution in [0.15, 0.2) is 47.6 Å². The van der Waals surface area contributed by atoms with Gasteiger partial charge in [0.2, 0.25) is 0 Å². The third kappa shape index (κ3) is 4.93. The highest BCUT2D eigenvalue weighted by atomic mass is 32.1. The molecular weight excluding hydrogens is 297 g/mol. The van der Waals surface area contributed by atoms with E-state index in [9.17, 15) is 4.39 Å². The molecule has 0 bridgehead atoms. The molecule has 3 nitrogen and oxygen atoms in total. The van der Waals surface area contributed by atoms with Gasteiger partial charge in [-0.2, -0.15) is 5.10 Å². The van der Waals surface area contributed by atoms with Crippen LogP contribution in [0.25, 0.3) is 0 Å². The Bertz CT molecular complexity index is 681. The molecule has 0 atom stereocenters. The van der Waals surface area contributed by atoms with Crippen LogP contribution in [0.5, 0.6) is 0 Å². The highest BCUT2D eigenvalue weighted by molar-refractivity contribution is 7.80. The van der Waals surface area contributed by atoms with E-state index in [1.165, 1.54) is 17.7 Å². The Morgan fingerprint density at radius 1 is 1.18 bits per heavy atom. The van der Waals surface area contributed by atoms with Crippen molar-refractivity contribution in [3.05, 3.63) is 70.5 Å². The van der Waals surface area contributed by atoms with E-state index in [0.29, 0.717) is 11.7 Å². The van der Waals surface area contributed by atoms with Crippen molar-refractivity contribution in [1.82, 2.24) is 10.7 Å². The molecule has 2 rings (SSSR count). The summed E-state index contributed by atoms with van der Waals surface area (Å²) in [7, 11) is 0. The standard InChI is InChI=1S/C17H18FN3S/c1-12-3-4-13(2)15(9-12)11-20-21-17(22)19-10-14-5-7-16(18)8-6-14/h3-9,11H,10H2,1-2H3,(H2,19,21,22)/b20-11-. The molecule has 0 spiro atoms. The first-order valence-electron chi connectivity index (χ1n) is 6.93. The fourth-order valence-electron chi connectivity index (χ4n) is 1.88. The van der Waals surface area contributed by atoms with Gasteiger partial charge < -0.3 is 5.32 Å². The molecule has 0 aliphatic carbocycles. The predicted molar refractivity (Wildman–Crippen MR) is 92.5 cm³/mol. The summed E-state index contributed by atoms with van der Waals surface area (Å²) < 4.78 is 12.8. The first-order valence-corrected chi connectivity index (χ1v) is 7.34. The lowest BCUT2D eigenvalue weighted by Gasteiger charge is -2.07. The van der Waals surface area contributed by atoms with Gasteiger partial charge in [0.1, 0.15) is 5.82 Å². The minimum absolute atomic E-state index is 0.248. The van der Waals surface area contributed by atoms with Crippen molar-refractivity contribution < 1.29 is 4.39 Å². The van der Waals surface area contributed by atoms with Crippen molar-refractivity contribution >= 4 is 23.5 Å². The minimum atomic E-state index is -0.248. The molecule has 0 aliphatic heterocycles. The number of hydrogen-bond acceptors (Lipinski definition) is 2. The van der Waals surface area contributed by atoms with E-state index < -0.39 is 0 Å². The van der Waals surface area contributed by atoms with Crippen molar-refractivity contribution in [2.45, 2.75) is 20.4 Å². The Morgan fingerprint density at radius 3 is 2.64 bits per heavy atom. The Balaban J connectivity index is 1.83. The quantitative estimate of drug-likeness (QED) is 0.515. The maximum atomic E-state index is 12.8. The molecule has 0 amide bonds. The van der Waals surface area contributed by atoms with Crippen LogP contribution >= 0.6 is 12.2 Å². The Kier molecular flexibility index (Phi) is 5.61. The molecule has 22 heavy (non-hydrogen) atoms. The van der Waals surface area contributed by atoms with Gasteiger partial charge in [-0.05, 0) is 54.9 Å². The fourth-order valence-corrected chi connectivity index (χ4v) is 2.01. The molecule has 114 valence electrons. The van der Waals surface area contributed by atoms with E-state index in [4.69, 9.17) is 12.2 Å². The SMILES string of the molecule is Cc1ccc(C)c(/C=N\NC(=S)NCc2ccc(F)cc2)c1. The van der Waals surface area contributed by atoms with Crippen LogP contribution in [0.2, 0.25) is 0 Å². The zero-order valence-corrected chi connectivity index (χ0v) is 13.4. The second-order valence-corrected chi connectivity index (χ2v) is 5.45. The van der Waals surface area contributed by atoms with Gasteiger partial charge in [0.05, 0.1) is 6.21 Å². The predicted octanol–water partition coefficient (Wildman–Crippen LogP) is 3.44. The maximum Gasteiger partial charge on any atom is 0.187 e. The van der Waals surface area contributed by atoms with Crippen LogP contribution in [0.4, 0.5) is 4.39 Å². The molecule has 2 aromatic carbocycles. The topological polar surface area (TPSA) is 36.4 Å². The van der Waals surface area contributed by atoms with Gasteiger partial charge >= 0.3 is 0 Å². The summed E-state index contributed by atoms with van der Waals surface area (Å²) in [5.41, 5.74) is 7.11. The molecule has 2 aromatic rings. The molecule has 5 heteroatoms. The summed E-state index contributed by atoms with van der Waals surface area (Å²) >= 11 is 5.14. The van der Waals surface area contributed by atoms with Crippen LogP contribution in [0, 0.1) is 19.7 Å². The number of nitrogens with one attached hydrogen (secondary N) is 2. The summed E-state index contributed by atoms with van der Waals surface area (Å²) in [5, 5.41) is 7.57. The van der Waals surface area contributed by atoms with Crippen LogP contribution in [0.1, 0.15) is 22.3 Å². The molecular formula is C17H18FN3S. The number of aryl methyl sites for hydroxylation is 2. The Labute approximate surface area is 135 Å². The van der Waals surface area contributed by atoms with Gasteiger partial charge in [0, 0.05) is 6.54 Å². The first kappa shape index (κ1) is 16.1. The molecule has 0 radical (unpaired) electrons. The van der Waals surface area contributed by atoms with Crippen LogP contribution in [-0.2, 0) is 6.54 Å². The second-order valence-electron chi connectivity index (χ2n) is 5.04. The molecule has 0 aliphatic rings. The lowest BCUT2D eigenvalue weighted by Crippen LogP contribution is -2.31. The van der Waals surface area contributed by atoms with E-state index in [2.05, 4.69) is 34.0 Å². The molecule has 0 saturated heterocycles. The number of halogens is 1. The Morgan fingerprint density at radius 2 is 1.91 bits per heavy atom. The van der Waals surface area contributed by atoms with Crippen molar-refractivity contribution in [2.24, 2.45) is 5.10 Å². The van der Waals surface area contributed by atoms with E-state index in [1.54, 1.807) is 18.3 Å². The number of hydrazone groups is 1. The first-order chi connectivity index (χ1) is 10.5. The van der Waals surface area contributed by atoms with Gasteiger partial charge in [-0.25, -0.2) is 4.39 Å². The smallest absolute Gasteiger partial charge is 0.187 e. The highest BCUT2D eigenvalue weighted by Gasteiger charge is 1.97. The Hall–Kier alpha value is -2.27. The normalized spacial score (nSPS) is 10.7. The van der Waals surface area contributed by atoms with Crippen molar-refractivity contribution in [1.29, 1.82) is 0 Å². The summed E-state index contributed by atoms with van der Waals surface area (Å²) in [4.78, 5) is 0. The monoisotopic (exact) mass is 315 g/mol. The number of thiocarbonyl (C=S) groups is 1. The molecule has 0 saturated carbocycles. The number of hydrogen-bond donors (Lipinski definition) is 2. The van der Waals surface area contributed by atoms with Crippen molar-refractivity contribution in [2.75, 3.05) is 0 Å². The average Bonchev–Trinajstić information content (AvgIpc) is 2.50. The summed E-state index contributed by atoms with van der Waals surface area (Å²) in [6.45, 7) is 4.59. The summed E-state index contributed by atoms with van der Waals surface area (Å²) in [6, 6.07) is 12.5. The van der Waals surface area contributed by atoms with Gasteiger partial charge in [-0.3, -0.25) is 5.43 Å². The van der Waals surface area contributed by atoms with E-state index in [1.807, 2.05) is 13.8 Å². The number of nitrogens with zero attached hydrogens (tertiary/aromatic N) is 1. The van der Waals surface area contributed by atoms with Crippen molar-refractivity contribution in [3.63, 3.8) is 0 Å². The van der Waals surface area contributed by atoms with E-state index >= 15 is 0 Å². The zero-order chi connectivity index (χ0) is 15.9. The van der Waals surface area contributed by atoms with Crippen molar-refractivity contribution in [3.8, 4) is 0 Å². The fraction of sp³-hybridized carbons (Fsp3) is 0.176. The third-order valence-corrected chi connectivity index (χ3v) is 3.41. The molecule has 0 heterocycles. The number of rotatable bonds is 4. The molecule has 0 fully saturated rings. The lowest BCUT2D eigenvalue weighted by atomic mass is 10.1. The average molecular weight is 315 g/mol.